The van der Waals surface area contributed by atoms with Crippen LogP contribution in [0.1, 0.15) is 36.2 Å². The maximum Gasteiger partial charge on any atom is 0.163 e. The number of aromatic nitrogens is 2. The first-order valence-electron chi connectivity index (χ1n) is 6.79. The molecule has 0 spiro atoms. The van der Waals surface area contributed by atoms with Crippen molar-refractivity contribution in [3.63, 3.8) is 0 Å². The quantitative estimate of drug-likeness (QED) is 0.890. The molecule has 0 fully saturated rings. The van der Waals surface area contributed by atoms with Gasteiger partial charge in [-0.2, -0.15) is 5.10 Å². The van der Waals surface area contributed by atoms with Crippen LogP contribution < -0.4 is 10.5 Å². The zero-order valence-corrected chi connectivity index (χ0v) is 11.7. The van der Waals surface area contributed by atoms with Crippen molar-refractivity contribution in [3.8, 4) is 5.75 Å². The van der Waals surface area contributed by atoms with Crippen LogP contribution >= 0.6 is 0 Å². The Morgan fingerprint density at radius 2 is 2.25 bits per heavy atom. The standard InChI is InChI=1S/C15H19N3O2/c1-3-18-14(13(20-2)9-17-18)15(19)8-12(16)10-6-4-5-7-11(10)15/h4-7,9,12,19H,3,8,16H2,1-2H3. The van der Waals surface area contributed by atoms with E-state index in [2.05, 4.69) is 5.10 Å². The van der Waals surface area contributed by atoms with Crippen LogP contribution in [-0.2, 0) is 12.1 Å². The third-order valence-electron chi connectivity index (χ3n) is 4.04. The third kappa shape index (κ3) is 1.67. The second-order valence-electron chi connectivity index (χ2n) is 5.14. The van der Waals surface area contributed by atoms with E-state index in [9.17, 15) is 5.11 Å². The minimum Gasteiger partial charge on any atom is -0.493 e. The fraction of sp³-hybridized carbons (Fsp3) is 0.400. The Kier molecular flexibility index (Phi) is 3.03. The van der Waals surface area contributed by atoms with Crippen LogP contribution in [-0.4, -0.2) is 22.0 Å². The van der Waals surface area contributed by atoms with Gasteiger partial charge in [0, 0.05) is 19.0 Å². The lowest BCUT2D eigenvalue weighted by Gasteiger charge is -2.26. The highest BCUT2D eigenvalue weighted by Gasteiger charge is 2.46. The molecule has 1 aromatic carbocycles. The lowest BCUT2D eigenvalue weighted by molar-refractivity contribution is 0.0650. The SMILES string of the molecule is CCn1ncc(OC)c1C1(O)CC(N)c2ccccc21. The molecule has 1 heterocycles. The first kappa shape index (κ1) is 13.1. The second kappa shape index (κ2) is 4.61. The summed E-state index contributed by atoms with van der Waals surface area (Å²) in [6.45, 7) is 2.65. The van der Waals surface area contributed by atoms with Gasteiger partial charge in [0.15, 0.2) is 5.75 Å². The summed E-state index contributed by atoms with van der Waals surface area (Å²) >= 11 is 0. The summed E-state index contributed by atoms with van der Waals surface area (Å²) in [6.07, 6.45) is 2.08. The third-order valence-corrected chi connectivity index (χ3v) is 4.04. The molecule has 0 radical (unpaired) electrons. The van der Waals surface area contributed by atoms with Gasteiger partial charge in [0.1, 0.15) is 11.3 Å². The summed E-state index contributed by atoms with van der Waals surface area (Å²) in [5.41, 5.74) is 7.55. The smallest absolute Gasteiger partial charge is 0.163 e. The average molecular weight is 273 g/mol. The molecule has 0 bridgehead atoms. The predicted octanol–water partition coefficient (Wildman–Crippen LogP) is 1.55. The van der Waals surface area contributed by atoms with Crippen LogP contribution in [0.2, 0.25) is 0 Å². The van der Waals surface area contributed by atoms with Crippen molar-refractivity contribution in [2.45, 2.75) is 31.5 Å². The Labute approximate surface area is 118 Å². The fourth-order valence-electron chi connectivity index (χ4n) is 3.13. The molecule has 0 saturated heterocycles. The fourth-order valence-corrected chi connectivity index (χ4v) is 3.13. The number of ether oxygens (including phenoxy) is 1. The topological polar surface area (TPSA) is 73.3 Å². The van der Waals surface area contributed by atoms with Crippen molar-refractivity contribution in [2.24, 2.45) is 5.73 Å². The number of nitrogens with zero attached hydrogens (tertiary/aromatic N) is 2. The molecule has 0 amide bonds. The van der Waals surface area contributed by atoms with E-state index in [1.54, 1.807) is 18.0 Å². The van der Waals surface area contributed by atoms with Gasteiger partial charge in [-0.15, -0.1) is 0 Å². The molecule has 1 aliphatic rings. The Morgan fingerprint density at radius 1 is 1.50 bits per heavy atom. The zero-order chi connectivity index (χ0) is 14.3. The summed E-state index contributed by atoms with van der Waals surface area (Å²) in [5.74, 6) is 0.596. The van der Waals surface area contributed by atoms with Crippen LogP contribution in [0, 0.1) is 0 Å². The largest absolute Gasteiger partial charge is 0.493 e. The summed E-state index contributed by atoms with van der Waals surface area (Å²) in [4.78, 5) is 0. The highest BCUT2D eigenvalue weighted by Crippen LogP contribution is 2.48. The molecule has 5 nitrogen and oxygen atoms in total. The molecular formula is C15H19N3O2. The molecule has 5 heteroatoms. The van der Waals surface area contributed by atoms with E-state index >= 15 is 0 Å². The van der Waals surface area contributed by atoms with E-state index < -0.39 is 5.60 Å². The Balaban J connectivity index is 2.22. The van der Waals surface area contributed by atoms with Crippen LogP contribution in [0.3, 0.4) is 0 Å². The van der Waals surface area contributed by atoms with Crippen LogP contribution in [0.25, 0.3) is 0 Å². The minimum absolute atomic E-state index is 0.180. The number of aliphatic hydroxyl groups is 1. The van der Waals surface area contributed by atoms with E-state index in [1.165, 1.54) is 0 Å². The molecule has 2 aromatic rings. The normalized spacial score (nSPS) is 24.7. The van der Waals surface area contributed by atoms with Crippen LogP contribution in [0.4, 0.5) is 0 Å². The van der Waals surface area contributed by atoms with Crippen LogP contribution in [0.15, 0.2) is 30.5 Å². The first-order chi connectivity index (χ1) is 9.61. The van der Waals surface area contributed by atoms with Crippen molar-refractivity contribution < 1.29 is 9.84 Å². The molecular weight excluding hydrogens is 254 g/mol. The van der Waals surface area contributed by atoms with E-state index in [0.29, 0.717) is 24.4 Å². The number of aryl methyl sites for hydroxylation is 1. The summed E-state index contributed by atoms with van der Waals surface area (Å²) in [7, 11) is 1.59. The Morgan fingerprint density at radius 3 is 2.95 bits per heavy atom. The Hall–Kier alpha value is -1.85. The van der Waals surface area contributed by atoms with Gasteiger partial charge < -0.3 is 15.6 Å². The molecule has 2 unspecified atom stereocenters. The molecule has 0 saturated carbocycles. The highest BCUT2D eigenvalue weighted by atomic mass is 16.5. The number of benzene rings is 1. The van der Waals surface area contributed by atoms with E-state index in [4.69, 9.17) is 10.5 Å². The van der Waals surface area contributed by atoms with Crippen LogP contribution in [0.5, 0.6) is 5.75 Å². The van der Waals surface area contributed by atoms with Crippen molar-refractivity contribution in [1.82, 2.24) is 9.78 Å². The second-order valence-corrected chi connectivity index (χ2v) is 5.14. The van der Waals surface area contributed by atoms with Gasteiger partial charge in [-0.05, 0) is 18.1 Å². The predicted molar refractivity (Wildman–Crippen MR) is 75.4 cm³/mol. The van der Waals surface area contributed by atoms with Gasteiger partial charge in [0.25, 0.3) is 0 Å². The van der Waals surface area contributed by atoms with Crippen molar-refractivity contribution in [3.05, 3.63) is 47.3 Å². The van der Waals surface area contributed by atoms with Gasteiger partial charge in [0.05, 0.1) is 13.3 Å². The van der Waals surface area contributed by atoms with Crippen molar-refractivity contribution >= 4 is 0 Å². The maximum absolute atomic E-state index is 11.3. The highest BCUT2D eigenvalue weighted by molar-refractivity contribution is 5.49. The monoisotopic (exact) mass is 273 g/mol. The number of fused-ring (bicyclic) bond motifs is 1. The number of hydrogen-bond acceptors (Lipinski definition) is 4. The lowest BCUT2D eigenvalue weighted by atomic mass is 9.91. The van der Waals surface area contributed by atoms with Gasteiger partial charge in [-0.25, -0.2) is 0 Å². The number of hydrogen-bond donors (Lipinski definition) is 2. The minimum atomic E-state index is -1.14. The first-order valence-corrected chi connectivity index (χ1v) is 6.79. The zero-order valence-electron chi connectivity index (χ0n) is 11.7. The Bertz CT molecular complexity index is 616. The van der Waals surface area contributed by atoms with E-state index in [1.807, 2.05) is 31.2 Å². The number of rotatable bonds is 3. The molecule has 2 atom stereocenters. The summed E-state index contributed by atoms with van der Waals surface area (Å²) in [6, 6.07) is 7.58. The van der Waals surface area contributed by atoms with Crippen molar-refractivity contribution in [1.29, 1.82) is 0 Å². The van der Waals surface area contributed by atoms with Crippen molar-refractivity contribution in [2.75, 3.05) is 7.11 Å². The number of methoxy groups -OCH3 is 1. The molecule has 3 N–H and O–H groups in total. The average Bonchev–Trinajstić information content (AvgIpc) is 3.00. The van der Waals surface area contributed by atoms with E-state index in [0.717, 1.165) is 11.1 Å². The van der Waals surface area contributed by atoms with Gasteiger partial charge in [-0.3, -0.25) is 4.68 Å². The molecule has 106 valence electrons. The number of nitrogens with two attached hydrogens (primary N) is 1. The molecule has 20 heavy (non-hydrogen) atoms. The summed E-state index contributed by atoms with van der Waals surface area (Å²) < 4.78 is 7.14. The lowest BCUT2D eigenvalue weighted by Crippen LogP contribution is -2.29. The molecule has 0 aliphatic heterocycles. The van der Waals surface area contributed by atoms with E-state index in [-0.39, 0.29) is 6.04 Å². The molecule has 1 aliphatic carbocycles. The van der Waals surface area contributed by atoms with Gasteiger partial charge >= 0.3 is 0 Å². The molecule has 3 rings (SSSR count). The molecule has 1 aromatic heterocycles. The summed E-state index contributed by atoms with van der Waals surface area (Å²) in [5, 5.41) is 15.6. The van der Waals surface area contributed by atoms with Gasteiger partial charge in [0.2, 0.25) is 0 Å². The van der Waals surface area contributed by atoms with Gasteiger partial charge in [-0.1, -0.05) is 24.3 Å². The maximum atomic E-state index is 11.3.